The summed E-state index contributed by atoms with van der Waals surface area (Å²) in [6, 6.07) is 7.38. The SMILES string of the molecule is CC(C)[C@H](N)c1nc(Cc2cccc(Cl)c2)no1. The highest BCUT2D eigenvalue weighted by atomic mass is 35.5. The van der Waals surface area contributed by atoms with Gasteiger partial charge in [-0.15, -0.1) is 0 Å². The molecule has 0 fully saturated rings. The van der Waals surface area contributed by atoms with Gasteiger partial charge < -0.3 is 10.3 Å². The number of nitrogens with zero attached hydrogens (tertiary/aromatic N) is 2. The van der Waals surface area contributed by atoms with Crippen molar-refractivity contribution in [1.29, 1.82) is 0 Å². The summed E-state index contributed by atoms with van der Waals surface area (Å²) in [4.78, 5) is 4.31. The molecule has 0 unspecified atom stereocenters. The van der Waals surface area contributed by atoms with Gasteiger partial charge in [-0.1, -0.05) is 42.7 Å². The molecular formula is C13H16ClN3O. The number of aromatic nitrogens is 2. The average Bonchev–Trinajstić information content (AvgIpc) is 2.76. The van der Waals surface area contributed by atoms with Gasteiger partial charge in [0, 0.05) is 11.4 Å². The van der Waals surface area contributed by atoms with Gasteiger partial charge in [0.1, 0.15) is 0 Å². The van der Waals surface area contributed by atoms with Gasteiger partial charge in [0.05, 0.1) is 6.04 Å². The summed E-state index contributed by atoms with van der Waals surface area (Å²) < 4.78 is 5.17. The quantitative estimate of drug-likeness (QED) is 0.923. The molecule has 0 aliphatic rings. The Morgan fingerprint density at radius 3 is 2.83 bits per heavy atom. The molecule has 1 aromatic heterocycles. The van der Waals surface area contributed by atoms with Crippen molar-refractivity contribution in [2.75, 3.05) is 0 Å². The van der Waals surface area contributed by atoms with E-state index in [1.807, 2.05) is 38.1 Å². The van der Waals surface area contributed by atoms with E-state index in [2.05, 4.69) is 10.1 Å². The summed E-state index contributed by atoms with van der Waals surface area (Å²) in [7, 11) is 0. The van der Waals surface area contributed by atoms with Crippen LogP contribution in [-0.2, 0) is 6.42 Å². The van der Waals surface area contributed by atoms with Gasteiger partial charge in [-0.25, -0.2) is 0 Å². The van der Waals surface area contributed by atoms with E-state index in [9.17, 15) is 0 Å². The van der Waals surface area contributed by atoms with Crippen LogP contribution in [0.5, 0.6) is 0 Å². The Morgan fingerprint density at radius 1 is 1.39 bits per heavy atom. The van der Waals surface area contributed by atoms with Crippen LogP contribution in [0.15, 0.2) is 28.8 Å². The summed E-state index contributed by atoms with van der Waals surface area (Å²) in [5, 5.41) is 4.64. The van der Waals surface area contributed by atoms with Gasteiger partial charge in [-0.2, -0.15) is 4.98 Å². The van der Waals surface area contributed by atoms with E-state index < -0.39 is 0 Å². The maximum absolute atomic E-state index is 5.95. The number of halogens is 1. The van der Waals surface area contributed by atoms with Gasteiger partial charge >= 0.3 is 0 Å². The first-order chi connectivity index (χ1) is 8.56. The first-order valence-corrected chi connectivity index (χ1v) is 6.26. The van der Waals surface area contributed by atoms with Gasteiger partial charge in [-0.3, -0.25) is 0 Å². The maximum Gasteiger partial charge on any atom is 0.243 e. The number of rotatable bonds is 4. The molecule has 0 radical (unpaired) electrons. The van der Waals surface area contributed by atoms with Crippen LogP contribution in [-0.4, -0.2) is 10.1 Å². The van der Waals surface area contributed by atoms with Crippen molar-refractivity contribution >= 4 is 11.6 Å². The number of hydrogen-bond donors (Lipinski definition) is 1. The fourth-order valence-electron chi connectivity index (χ4n) is 1.59. The number of nitrogens with two attached hydrogens (primary N) is 1. The Kier molecular flexibility index (Phi) is 3.99. The lowest BCUT2D eigenvalue weighted by atomic mass is 10.1. The summed E-state index contributed by atoms with van der Waals surface area (Å²) in [6.07, 6.45) is 0.592. The van der Waals surface area contributed by atoms with Crippen molar-refractivity contribution in [3.05, 3.63) is 46.6 Å². The second-order valence-corrected chi connectivity index (χ2v) is 5.06. The number of hydrogen-bond acceptors (Lipinski definition) is 4. The molecule has 4 nitrogen and oxygen atoms in total. The summed E-state index contributed by atoms with van der Waals surface area (Å²) in [6.45, 7) is 4.04. The molecule has 2 N–H and O–H groups in total. The second kappa shape index (κ2) is 5.50. The smallest absolute Gasteiger partial charge is 0.243 e. The lowest BCUT2D eigenvalue weighted by Gasteiger charge is -2.09. The van der Waals surface area contributed by atoms with E-state index in [0.717, 1.165) is 5.56 Å². The predicted molar refractivity (Wildman–Crippen MR) is 70.3 cm³/mol. The summed E-state index contributed by atoms with van der Waals surface area (Å²) in [5.41, 5.74) is 7.00. The molecule has 2 rings (SSSR count). The first-order valence-electron chi connectivity index (χ1n) is 5.89. The molecule has 0 aliphatic carbocycles. The molecule has 96 valence electrons. The minimum absolute atomic E-state index is 0.217. The molecule has 0 saturated heterocycles. The monoisotopic (exact) mass is 265 g/mol. The van der Waals surface area contributed by atoms with Crippen molar-refractivity contribution in [3.63, 3.8) is 0 Å². The fourth-order valence-corrected chi connectivity index (χ4v) is 1.80. The fraction of sp³-hybridized carbons (Fsp3) is 0.385. The molecule has 0 amide bonds. The van der Waals surface area contributed by atoms with E-state index in [0.29, 0.717) is 23.2 Å². The zero-order valence-electron chi connectivity index (χ0n) is 10.4. The van der Waals surface area contributed by atoms with E-state index in [4.69, 9.17) is 21.9 Å². The highest BCUT2D eigenvalue weighted by Gasteiger charge is 2.18. The van der Waals surface area contributed by atoms with E-state index >= 15 is 0 Å². The third-order valence-electron chi connectivity index (χ3n) is 2.74. The molecule has 5 heteroatoms. The van der Waals surface area contributed by atoms with Crippen LogP contribution < -0.4 is 5.73 Å². The molecule has 0 bridgehead atoms. The Bertz CT molecular complexity index is 524. The zero-order valence-corrected chi connectivity index (χ0v) is 11.2. The largest absolute Gasteiger partial charge is 0.338 e. The van der Waals surface area contributed by atoms with Crippen molar-refractivity contribution in [2.24, 2.45) is 11.7 Å². The Labute approximate surface area is 111 Å². The van der Waals surface area contributed by atoms with Crippen molar-refractivity contribution in [3.8, 4) is 0 Å². The standard InChI is InChI=1S/C13H16ClN3O/c1-8(2)12(15)13-16-11(17-18-13)7-9-4-3-5-10(14)6-9/h3-6,8,12H,7,15H2,1-2H3/t12-/m0/s1. The molecule has 0 aliphatic heterocycles. The van der Waals surface area contributed by atoms with Crippen molar-refractivity contribution in [1.82, 2.24) is 10.1 Å². The van der Waals surface area contributed by atoms with Crippen LogP contribution in [0.3, 0.4) is 0 Å². The van der Waals surface area contributed by atoms with E-state index in [1.165, 1.54) is 0 Å². The average molecular weight is 266 g/mol. The Morgan fingerprint density at radius 2 is 2.17 bits per heavy atom. The molecule has 0 spiro atoms. The third-order valence-corrected chi connectivity index (χ3v) is 2.97. The van der Waals surface area contributed by atoms with Crippen LogP contribution in [0.4, 0.5) is 0 Å². The van der Waals surface area contributed by atoms with Crippen LogP contribution in [0, 0.1) is 5.92 Å². The minimum Gasteiger partial charge on any atom is -0.338 e. The Balaban J connectivity index is 2.11. The van der Waals surface area contributed by atoms with Gasteiger partial charge in [0.15, 0.2) is 5.82 Å². The Hall–Kier alpha value is -1.39. The summed E-state index contributed by atoms with van der Waals surface area (Å²) >= 11 is 5.92. The molecule has 2 aromatic rings. The topological polar surface area (TPSA) is 64.9 Å². The lowest BCUT2D eigenvalue weighted by Crippen LogP contribution is -2.17. The third kappa shape index (κ3) is 3.09. The number of benzene rings is 1. The lowest BCUT2D eigenvalue weighted by molar-refractivity contribution is 0.322. The molecule has 1 atom stereocenters. The molecular weight excluding hydrogens is 250 g/mol. The maximum atomic E-state index is 5.95. The molecule has 18 heavy (non-hydrogen) atoms. The van der Waals surface area contributed by atoms with Crippen molar-refractivity contribution in [2.45, 2.75) is 26.3 Å². The minimum atomic E-state index is -0.217. The first kappa shape index (κ1) is 13.1. The zero-order chi connectivity index (χ0) is 13.1. The highest BCUT2D eigenvalue weighted by Crippen LogP contribution is 2.18. The van der Waals surface area contributed by atoms with Crippen LogP contribution in [0.2, 0.25) is 5.02 Å². The van der Waals surface area contributed by atoms with Crippen molar-refractivity contribution < 1.29 is 4.52 Å². The van der Waals surface area contributed by atoms with Crippen LogP contribution in [0.1, 0.15) is 37.2 Å². The van der Waals surface area contributed by atoms with Gasteiger partial charge in [0.25, 0.3) is 0 Å². The van der Waals surface area contributed by atoms with Crippen LogP contribution >= 0.6 is 11.6 Å². The molecule has 1 heterocycles. The molecule has 1 aromatic carbocycles. The second-order valence-electron chi connectivity index (χ2n) is 4.63. The van der Waals surface area contributed by atoms with Gasteiger partial charge in [0.2, 0.25) is 5.89 Å². The molecule has 0 saturated carbocycles. The highest BCUT2D eigenvalue weighted by molar-refractivity contribution is 6.30. The summed E-state index contributed by atoms with van der Waals surface area (Å²) in [5.74, 6) is 1.38. The van der Waals surface area contributed by atoms with Gasteiger partial charge in [-0.05, 0) is 23.6 Å². The predicted octanol–water partition coefficient (Wildman–Crippen LogP) is 2.97. The van der Waals surface area contributed by atoms with E-state index in [-0.39, 0.29) is 12.0 Å². The van der Waals surface area contributed by atoms with Crippen LogP contribution in [0.25, 0.3) is 0 Å². The van der Waals surface area contributed by atoms with E-state index in [1.54, 1.807) is 0 Å². The normalized spacial score (nSPS) is 12.9.